The Kier molecular flexibility index (Phi) is 5.55. The van der Waals surface area contributed by atoms with E-state index in [0.717, 1.165) is 0 Å². The van der Waals surface area contributed by atoms with Crippen LogP contribution in [0.5, 0.6) is 0 Å². The highest BCUT2D eigenvalue weighted by atomic mass is 32.2. The molecule has 1 atom stereocenters. The highest BCUT2D eigenvalue weighted by molar-refractivity contribution is 8.00. The first kappa shape index (κ1) is 19.6. The topological polar surface area (TPSA) is 0 Å². The van der Waals surface area contributed by atoms with Gasteiger partial charge in [0.15, 0.2) is 0 Å². The predicted octanol–water partition coefficient (Wildman–Crippen LogP) is 7.32. The van der Waals surface area contributed by atoms with Gasteiger partial charge in [-0.3, -0.25) is 0 Å². The monoisotopic (exact) mass is 320 g/mol. The zero-order valence-corrected chi connectivity index (χ0v) is 17.2. The van der Waals surface area contributed by atoms with Gasteiger partial charge >= 0.3 is 0 Å². The Morgan fingerprint density at radius 3 is 1.82 bits per heavy atom. The molecule has 1 aliphatic rings. The number of benzene rings is 1. The summed E-state index contributed by atoms with van der Waals surface area (Å²) in [5.74, 6) is 0. The Bertz CT molecular complexity index is 510. The van der Waals surface area contributed by atoms with Crippen molar-refractivity contribution in [3.05, 3.63) is 29.8 Å². The molecule has 0 saturated carbocycles. The van der Waals surface area contributed by atoms with E-state index >= 15 is 0 Å². The Morgan fingerprint density at radius 2 is 1.32 bits per heavy atom. The molecule has 1 aliphatic heterocycles. The fraction of sp³-hybridized carbons (Fsp3) is 0.714. The Balaban J connectivity index is 0.00000116. The average molecular weight is 321 g/mol. The Hall–Kier alpha value is -0.430. The van der Waals surface area contributed by atoms with Gasteiger partial charge in [0, 0.05) is 9.64 Å². The minimum atomic E-state index is 0.202. The van der Waals surface area contributed by atoms with E-state index in [9.17, 15) is 0 Å². The lowest BCUT2D eigenvalue weighted by Crippen LogP contribution is -2.54. The molecule has 0 N–H and O–H groups in total. The first-order chi connectivity index (χ1) is 10.0. The van der Waals surface area contributed by atoms with E-state index in [-0.39, 0.29) is 21.0 Å². The van der Waals surface area contributed by atoms with Gasteiger partial charge in [-0.25, -0.2) is 0 Å². The summed E-state index contributed by atoms with van der Waals surface area (Å²) in [6.07, 6.45) is 1.18. The van der Waals surface area contributed by atoms with Crippen molar-refractivity contribution < 1.29 is 0 Å². The van der Waals surface area contributed by atoms with Crippen molar-refractivity contribution in [1.82, 2.24) is 0 Å². The molecule has 1 aromatic rings. The van der Waals surface area contributed by atoms with Gasteiger partial charge in [0.25, 0.3) is 0 Å². The number of hydrogen-bond acceptors (Lipinski definition) is 1. The zero-order chi connectivity index (χ0) is 17.4. The molecule has 0 radical (unpaired) electrons. The molecule has 0 bridgehead atoms. The molecule has 1 heterocycles. The summed E-state index contributed by atoms with van der Waals surface area (Å²) in [6.45, 7) is 23.5. The molecule has 0 amide bonds. The summed E-state index contributed by atoms with van der Waals surface area (Å²) in [4.78, 5) is 1.47. The van der Waals surface area contributed by atoms with Gasteiger partial charge in [-0.1, -0.05) is 73.6 Å². The van der Waals surface area contributed by atoms with E-state index in [2.05, 4.69) is 91.4 Å². The number of fused-ring (bicyclic) bond motifs is 1. The van der Waals surface area contributed by atoms with Gasteiger partial charge in [-0.2, -0.15) is 0 Å². The summed E-state index contributed by atoms with van der Waals surface area (Å²) in [5.41, 5.74) is 2.19. The second-order valence-corrected chi connectivity index (χ2v) is 9.71. The van der Waals surface area contributed by atoms with Gasteiger partial charge in [0.2, 0.25) is 0 Å². The molecule has 1 aromatic carbocycles. The zero-order valence-electron chi connectivity index (χ0n) is 16.4. The molecule has 0 aromatic heterocycles. The van der Waals surface area contributed by atoms with Crippen molar-refractivity contribution in [3.63, 3.8) is 0 Å². The fourth-order valence-corrected chi connectivity index (χ4v) is 5.44. The van der Waals surface area contributed by atoms with E-state index in [1.54, 1.807) is 0 Å². The molecule has 0 saturated heterocycles. The van der Waals surface area contributed by atoms with Gasteiger partial charge in [-0.15, -0.1) is 11.8 Å². The van der Waals surface area contributed by atoms with E-state index in [1.807, 2.05) is 13.8 Å². The maximum Gasteiger partial charge on any atom is 0.0207 e. The second kappa shape index (κ2) is 6.23. The van der Waals surface area contributed by atoms with Crippen LogP contribution in [0.3, 0.4) is 0 Å². The summed E-state index contributed by atoms with van der Waals surface area (Å²) in [5, 5.41) is 0. The van der Waals surface area contributed by atoms with Crippen LogP contribution in [0.15, 0.2) is 29.2 Å². The Morgan fingerprint density at radius 1 is 0.818 bits per heavy atom. The SMILES string of the molecule is CC.CCC1(C)c2ccccc2SC(C)(C)C(C)(C)C1(C)C. The third kappa shape index (κ3) is 2.54. The summed E-state index contributed by atoms with van der Waals surface area (Å²) in [6, 6.07) is 9.05. The highest BCUT2D eigenvalue weighted by Crippen LogP contribution is 2.65. The second-order valence-electron chi connectivity index (χ2n) is 8.04. The molecule has 0 spiro atoms. The van der Waals surface area contributed by atoms with E-state index in [0.29, 0.717) is 0 Å². The van der Waals surface area contributed by atoms with Crippen LogP contribution in [0.1, 0.15) is 81.2 Å². The quantitative estimate of drug-likeness (QED) is 0.522. The first-order valence-corrected chi connectivity index (χ1v) is 9.61. The van der Waals surface area contributed by atoms with Gasteiger partial charge in [0.05, 0.1) is 0 Å². The standard InChI is InChI=1S/C19H30S.C2H6/c1-9-19(8)14-12-10-11-13-15(14)20-18(6,7)16(2,3)17(19,4)5;1-2/h10-13H,9H2,1-8H3;1-2H3. The molecule has 2 rings (SSSR count). The number of hydrogen-bond donors (Lipinski definition) is 0. The lowest BCUT2D eigenvalue weighted by atomic mass is 9.48. The average Bonchev–Trinajstić information content (AvgIpc) is 2.50. The molecular weight excluding hydrogens is 284 g/mol. The largest absolute Gasteiger partial charge is 0.119 e. The molecule has 1 unspecified atom stereocenters. The van der Waals surface area contributed by atoms with Crippen LogP contribution < -0.4 is 0 Å². The van der Waals surface area contributed by atoms with Crippen LogP contribution in [0.25, 0.3) is 0 Å². The number of rotatable bonds is 1. The predicted molar refractivity (Wildman–Crippen MR) is 103 cm³/mol. The minimum Gasteiger partial charge on any atom is -0.119 e. The van der Waals surface area contributed by atoms with Crippen molar-refractivity contribution >= 4 is 11.8 Å². The van der Waals surface area contributed by atoms with Gasteiger partial charge in [0.1, 0.15) is 0 Å². The van der Waals surface area contributed by atoms with Crippen LogP contribution in [0.2, 0.25) is 0 Å². The first-order valence-electron chi connectivity index (χ1n) is 8.80. The maximum absolute atomic E-state index is 2.47. The van der Waals surface area contributed by atoms with Crippen LogP contribution in [-0.2, 0) is 5.41 Å². The molecule has 22 heavy (non-hydrogen) atoms. The van der Waals surface area contributed by atoms with Crippen molar-refractivity contribution in [3.8, 4) is 0 Å². The van der Waals surface area contributed by atoms with Gasteiger partial charge in [-0.05, 0) is 48.1 Å². The third-order valence-corrected chi connectivity index (χ3v) is 8.60. The normalized spacial score (nSPS) is 27.9. The van der Waals surface area contributed by atoms with Crippen molar-refractivity contribution in [2.75, 3.05) is 0 Å². The highest BCUT2D eigenvalue weighted by Gasteiger charge is 2.58. The van der Waals surface area contributed by atoms with Crippen LogP contribution >= 0.6 is 11.8 Å². The van der Waals surface area contributed by atoms with Crippen LogP contribution in [-0.4, -0.2) is 4.75 Å². The third-order valence-electron chi connectivity index (χ3n) is 7.00. The minimum absolute atomic E-state index is 0.202. The van der Waals surface area contributed by atoms with Crippen LogP contribution in [0, 0.1) is 10.8 Å². The fourth-order valence-electron chi connectivity index (χ4n) is 3.83. The molecule has 0 nitrogen and oxygen atoms in total. The summed E-state index contributed by atoms with van der Waals surface area (Å²) >= 11 is 2.06. The Labute approximate surface area is 143 Å². The summed E-state index contributed by atoms with van der Waals surface area (Å²) in [7, 11) is 0. The van der Waals surface area contributed by atoms with Crippen LogP contribution in [0.4, 0.5) is 0 Å². The molecular formula is C21H36S. The van der Waals surface area contributed by atoms with Crippen molar-refractivity contribution in [2.45, 2.75) is 90.7 Å². The maximum atomic E-state index is 2.47. The smallest absolute Gasteiger partial charge is 0.0207 e. The van der Waals surface area contributed by atoms with E-state index in [1.165, 1.54) is 16.9 Å². The van der Waals surface area contributed by atoms with E-state index < -0.39 is 0 Å². The van der Waals surface area contributed by atoms with Crippen molar-refractivity contribution in [1.29, 1.82) is 0 Å². The molecule has 0 aliphatic carbocycles. The lowest BCUT2D eigenvalue weighted by Gasteiger charge is -2.57. The van der Waals surface area contributed by atoms with Gasteiger partial charge < -0.3 is 0 Å². The molecule has 1 heteroatoms. The number of thioether (sulfide) groups is 1. The van der Waals surface area contributed by atoms with Crippen molar-refractivity contribution in [2.24, 2.45) is 10.8 Å². The van der Waals surface area contributed by atoms with E-state index in [4.69, 9.17) is 0 Å². The molecule has 0 fully saturated rings. The summed E-state index contributed by atoms with van der Waals surface area (Å²) < 4.78 is 0.208. The molecule has 126 valence electrons. The lowest BCUT2D eigenvalue weighted by molar-refractivity contribution is -0.00255.